The molecule has 4 nitrogen and oxygen atoms in total. The minimum atomic E-state index is -0.191. The third-order valence-electron chi connectivity index (χ3n) is 5.52. The van der Waals surface area contributed by atoms with Crippen molar-refractivity contribution in [2.24, 2.45) is 0 Å². The molecule has 0 bridgehead atoms. The van der Waals surface area contributed by atoms with Gasteiger partial charge < -0.3 is 10.6 Å². The lowest BCUT2D eigenvalue weighted by Crippen LogP contribution is -2.29. The Morgan fingerprint density at radius 1 is 0.719 bits per heavy atom. The Hall–Kier alpha value is -3.92. The van der Waals surface area contributed by atoms with Crippen LogP contribution in [0.25, 0.3) is 10.8 Å². The zero-order valence-corrected chi connectivity index (χ0v) is 18.0. The number of aryl methyl sites for hydroxylation is 1. The maximum Gasteiger partial charge on any atom is 0.221 e. The fourth-order valence-corrected chi connectivity index (χ4v) is 4.02. The van der Waals surface area contributed by atoms with E-state index >= 15 is 0 Å². The minimum Gasteiger partial charge on any atom is -0.345 e. The summed E-state index contributed by atoms with van der Waals surface area (Å²) in [4.78, 5) is 24.5. The second kappa shape index (κ2) is 9.92. The van der Waals surface area contributed by atoms with Gasteiger partial charge in [-0.1, -0.05) is 91.0 Å². The molecule has 4 aromatic rings. The Balaban J connectivity index is 1.52. The van der Waals surface area contributed by atoms with Crippen molar-refractivity contribution in [1.29, 1.82) is 0 Å². The number of hydrogen-bond acceptors (Lipinski definition) is 2. The second-order valence-electron chi connectivity index (χ2n) is 7.82. The molecule has 0 atom stereocenters. The lowest BCUT2D eigenvalue weighted by molar-refractivity contribution is -0.121. The Bertz CT molecular complexity index is 1180. The molecule has 2 N–H and O–H groups in total. The van der Waals surface area contributed by atoms with E-state index in [1.807, 2.05) is 97.1 Å². The van der Waals surface area contributed by atoms with Crippen molar-refractivity contribution >= 4 is 28.3 Å². The van der Waals surface area contributed by atoms with E-state index in [0.717, 1.165) is 33.2 Å². The van der Waals surface area contributed by atoms with Gasteiger partial charge in [0.15, 0.2) is 0 Å². The van der Waals surface area contributed by atoms with E-state index in [9.17, 15) is 9.59 Å². The summed E-state index contributed by atoms with van der Waals surface area (Å²) in [7, 11) is 0. The van der Waals surface area contributed by atoms with Gasteiger partial charge in [0.2, 0.25) is 11.8 Å². The van der Waals surface area contributed by atoms with Crippen molar-refractivity contribution in [2.45, 2.75) is 25.8 Å². The van der Waals surface area contributed by atoms with Crippen molar-refractivity contribution in [3.63, 3.8) is 0 Å². The lowest BCUT2D eigenvalue weighted by Gasteiger charge is -2.20. The van der Waals surface area contributed by atoms with Crippen molar-refractivity contribution in [2.75, 3.05) is 5.32 Å². The zero-order chi connectivity index (χ0) is 22.3. The van der Waals surface area contributed by atoms with Crippen LogP contribution in [0.2, 0.25) is 0 Å². The predicted octanol–water partition coefficient (Wildman–Crippen LogP) is 5.64. The van der Waals surface area contributed by atoms with E-state index in [4.69, 9.17) is 0 Å². The first-order chi connectivity index (χ1) is 15.6. The molecule has 4 heteroatoms. The van der Waals surface area contributed by atoms with Crippen LogP contribution in [0.5, 0.6) is 0 Å². The predicted molar refractivity (Wildman–Crippen MR) is 129 cm³/mol. The molecule has 0 aromatic heterocycles. The molecule has 4 aromatic carbocycles. The van der Waals surface area contributed by atoms with Gasteiger partial charge in [-0.3, -0.25) is 9.59 Å². The highest BCUT2D eigenvalue weighted by Gasteiger charge is 2.17. The molecule has 0 unspecified atom stereocenters. The number of anilines is 1. The van der Waals surface area contributed by atoms with E-state index in [-0.39, 0.29) is 17.9 Å². The maximum atomic E-state index is 13.0. The summed E-state index contributed by atoms with van der Waals surface area (Å²) in [6.45, 7) is 1.50. The number of fused-ring (bicyclic) bond motifs is 1. The number of carbonyl (C=O) groups is 2. The van der Waals surface area contributed by atoms with Gasteiger partial charge in [-0.15, -0.1) is 0 Å². The van der Waals surface area contributed by atoms with Crippen LogP contribution in [0.15, 0.2) is 97.1 Å². The molecule has 32 heavy (non-hydrogen) atoms. The van der Waals surface area contributed by atoms with Crippen LogP contribution < -0.4 is 10.6 Å². The number of amides is 2. The zero-order valence-electron chi connectivity index (χ0n) is 18.0. The van der Waals surface area contributed by atoms with Gasteiger partial charge in [-0.05, 0) is 34.6 Å². The van der Waals surface area contributed by atoms with Crippen LogP contribution >= 0.6 is 0 Å². The standard InChI is InChI=1S/C28H26N2O2/c1-20(31)29-26-17-9-15-24-21(14-8-16-25(24)26)18-19-27(32)30-28(22-10-4-2-5-11-22)23-12-6-3-7-13-23/h2-17,28H,18-19H2,1H3,(H,29,31)(H,30,32). The summed E-state index contributed by atoms with van der Waals surface area (Å²) in [5, 5.41) is 8.12. The van der Waals surface area contributed by atoms with E-state index in [2.05, 4.69) is 10.6 Å². The number of rotatable bonds is 7. The van der Waals surface area contributed by atoms with Gasteiger partial charge in [0.05, 0.1) is 6.04 Å². The SMILES string of the molecule is CC(=O)Nc1cccc2c(CCC(=O)NC(c3ccccc3)c3ccccc3)cccc12. The minimum absolute atomic E-state index is 0.00211. The number of benzene rings is 4. The summed E-state index contributed by atoms with van der Waals surface area (Å²) in [6.07, 6.45) is 0.989. The molecule has 160 valence electrons. The Morgan fingerprint density at radius 3 is 1.94 bits per heavy atom. The quantitative estimate of drug-likeness (QED) is 0.405. The highest BCUT2D eigenvalue weighted by atomic mass is 16.2. The Labute approximate surface area is 188 Å². The fraction of sp³-hybridized carbons (Fsp3) is 0.143. The number of hydrogen-bond donors (Lipinski definition) is 2. The van der Waals surface area contributed by atoms with Crippen LogP contribution in [0.4, 0.5) is 5.69 Å². The molecular weight excluding hydrogens is 396 g/mol. The maximum absolute atomic E-state index is 13.0. The molecule has 0 saturated carbocycles. The van der Waals surface area contributed by atoms with Gasteiger partial charge >= 0.3 is 0 Å². The number of nitrogens with one attached hydrogen (secondary N) is 2. The van der Waals surface area contributed by atoms with Crippen molar-refractivity contribution < 1.29 is 9.59 Å². The highest BCUT2D eigenvalue weighted by Crippen LogP contribution is 2.27. The summed E-state index contributed by atoms with van der Waals surface area (Å²) in [5.41, 5.74) is 3.98. The largest absolute Gasteiger partial charge is 0.345 e. The van der Waals surface area contributed by atoms with Crippen molar-refractivity contribution in [3.8, 4) is 0 Å². The summed E-state index contributed by atoms with van der Waals surface area (Å²) < 4.78 is 0. The highest BCUT2D eigenvalue weighted by molar-refractivity contribution is 6.02. The van der Waals surface area contributed by atoms with Gasteiger partial charge in [0.25, 0.3) is 0 Å². The molecule has 4 rings (SSSR count). The van der Waals surface area contributed by atoms with Crippen LogP contribution in [0, 0.1) is 0 Å². The first kappa shape index (κ1) is 21.3. The molecule has 0 radical (unpaired) electrons. The molecule has 0 aliphatic heterocycles. The smallest absolute Gasteiger partial charge is 0.221 e. The lowest BCUT2D eigenvalue weighted by atomic mass is 9.97. The average molecular weight is 423 g/mol. The van der Waals surface area contributed by atoms with Gasteiger partial charge in [-0.2, -0.15) is 0 Å². The van der Waals surface area contributed by atoms with E-state index < -0.39 is 0 Å². The average Bonchev–Trinajstić information content (AvgIpc) is 2.82. The van der Waals surface area contributed by atoms with E-state index in [1.165, 1.54) is 6.92 Å². The fourth-order valence-electron chi connectivity index (χ4n) is 4.02. The molecule has 0 spiro atoms. The van der Waals surface area contributed by atoms with Gasteiger partial charge in [-0.25, -0.2) is 0 Å². The molecule has 0 heterocycles. The van der Waals surface area contributed by atoms with E-state index in [0.29, 0.717) is 12.8 Å². The van der Waals surface area contributed by atoms with Crippen molar-refractivity contribution in [3.05, 3.63) is 114 Å². The molecule has 0 fully saturated rings. The monoisotopic (exact) mass is 422 g/mol. The molecule has 0 saturated heterocycles. The molecule has 2 amide bonds. The summed E-state index contributed by atoms with van der Waals surface area (Å²) >= 11 is 0. The van der Waals surface area contributed by atoms with Gasteiger partial charge in [0, 0.05) is 24.4 Å². The van der Waals surface area contributed by atoms with E-state index in [1.54, 1.807) is 0 Å². The molecule has 0 aliphatic carbocycles. The first-order valence-corrected chi connectivity index (χ1v) is 10.8. The molecule has 0 aliphatic rings. The number of carbonyl (C=O) groups excluding carboxylic acids is 2. The van der Waals surface area contributed by atoms with Crippen LogP contribution in [-0.4, -0.2) is 11.8 Å². The third-order valence-corrected chi connectivity index (χ3v) is 5.52. The topological polar surface area (TPSA) is 58.2 Å². The first-order valence-electron chi connectivity index (χ1n) is 10.8. The Morgan fingerprint density at radius 2 is 1.31 bits per heavy atom. The second-order valence-corrected chi connectivity index (χ2v) is 7.82. The van der Waals surface area contributed by atoms with Gasteiger partial charge in [0.1, 0.15) is 0 Å². The Kier molecular flexibility index (Phi) is 6.61. The molecular formula is C28H26N2O2. The van der Waals surface area contributed by atoms with Crippen LogP contribution in [0.3, 0.4) is 0 Å². The van der Waals surface area contributed by atoms with Crippen LogP contribution in [-0.2, 0) is 16.0 Å². The normalized spacial score (nSPS) is 10.8. The third kappa shape index (κ3) is 5.03. The van der Waals surface area contributed by atoms with Crippen LogP contribution in [0.1, 0.15) is 36.1 Å². The summed E-state index contributed by atoms with van der Waals surface area (Å²) in [5.74, 6) is -0.104. The van der Waals surface area contributed by atoms with Crippen molar-refractivity contribution in [1.82, 2.24) is 5.32 Å². The summed E-state index contributed by atoms with van der Waals surface area (Å²) in [6, 6.07) is 31.7.